The van der Waals surface area contributed by atoms with Gasteiger partial charge in [-0.25, -0.2) is 0 Å². The molecule has 0 saturated carbocycles. The van der Waals surface area contributed by atoms with Crippen LogP contribution < -0.4 is 5.32 Å². The second kappa shape index (κ2) is 63.9. The number of hydrogen-bond acceptors (Lipinski definition) is 5. The molecule has 0 radical (unpaired) electrons. The Morgan fingerprint density at radius 2 is 0.649 bits per heavy atom. The topological polar surface area (TPSA) is 95.9 Å². The molecule has 0 bridgehead atoms. The van der Waals surface area contributed by atoms with Gasteiger partial charge in [0.2, 0.25) is 5.91 Å². The fraction of sp³-hybridized carbons (Fsp3) is 0.912. The summed E-state index contributed by atoms with van der Waals surface area (Å²) in [6.07, 6.45) is 79.7. The van der Waals surface area contributed by atoms with Crippen molar-refractivity contribution < 1.29 is 24.5 Å². The molecule has 1 amide bonds. The summed E-state index contributed by atoms with van der Waals surface area (Å²) < 4.78 is 5.47. The Bertz CT molecular complexity index is 1150. The molecule has 438 valence electrons. The molecule has 0 aromatic heterocycles. The molecule has 0 saturated heterocycles. The van der Waals surface area contributed by atoms with Crippen molar-refractivity contribution in [2.24, 2.45) is 0 Å². The Balaban J connectivity index is 3.34. The summed E-state index contributed by atoms with van der Waals surface area (Å²) in [5.41, 5.74) is 0. The number of aliphatic hydroxyl groups is 2. The Kier molecular flexibility index (Phi) is 62.4. The van der Waals surface area contributed by atoms with Gasteiger partial charge in [0.25, 0.3) is 0 Å². The predicted molar refractivity (Wildman–Crippen MR) is 324 cm³/mol. The molecular weight excluding hydrogens is 911 g/mol. The number of unbranched alkanes of at least 4 members (excludes halogenated alkanes) is 50. The van der Waals surface area contributed by atoms with Crippen LogP contribution in [0.25, 0.3) is 0 Å². The van der Waals surface area contributed by atoms with Gasteiger partial charge in [0, 0.05) is 12.8 Å². The first-order valence-corrected chi connectivity index (χ1v) is 33.6. The van der Waals surface area contributed by atoms with E-state index in [1.54, 1.807) is 6.08 Å². The molecule has 0 fully saturated rings. The third-order valence-corrected chi connectivity index (χ3v) is 15.7. The maximum absolute atomic E-state index is 12.5. The zero-order valence-electron chi connectivity index (χ0n) is 50.1. The van der Waals surface area contributed by atoms with Gasteiger partial charge in [0.1, 0.15) is 0 Å². The molecule has 0 aromatic carbocycles. The lowest BCUT2D eigenvalue weighted by Gasteiger charge is -2.20. The zero-order chi connectivity index (χ0) is 53.6. The number of carbonyl (C=O) groups is 2. The van der Waals surface area contributed by atoms with Gasteiger partial charge in [0.05, 0.1) is 25.4 Å². The van der Waals surface area contributed by atoms with Crippen molar-refractivity contribution in [1.29, 1.82) is 0 Å². The number of aliphatic hydroxyl groups excluding tert-OH is 2. The van der Waals surface area contributed by atoms with E-state index >= 15 is 0 Å². The molecule has 0 heterocycles. The van der Waals surface area contributed by atoms with Gasteiger partial charge in [-0.1, -0.05) is 334 Å². The number of nitrogens with one attached hydrogen (secondary N) is 1. The highest BCUT2D eigenvalue weighted by atomic mass is 16.5. The average Bonchev–Trinajstić information content (AvgIpc) is 3.40. The molecule has 2 unspecified atom stereocenters. The summed E-state index contributed by atoms with van der Waals surface area (Å²) in [5.74, 6) is -0.0520. The van der Waals surface area contributed by atoms with Crippen LogP contribution >= 0.6 is 0 Å². The van der Waals surface area contributed by atoms with Crippen LogP contribution in [0.3, 0.4) is 0 Å². The Hall–Kier alpha value is -1.66. The lowest BCUT2D eigenvalue weighted by atomic mass is 10.0. The smallest absolute Gasteiger partial charge is 0.305 e. The van der Waals surface area contributed by atoms with Crippen molar-refractivity contribution in [2.45, 2.75) is 386 Å². The number of ether oxygens (including phenoxy) is 1. The van der Waals surface area contributed by atoms with Crippen LogP contribution in [0.5, 0.6) is 0 Å². The Labute approximate surface area is 462 Å². The van der Waals surface area contributed by atoms with E-state index < -0.39 is 12.1 Å². The highest BCUT2D eigenvalue weighted by Crippen LogP contribution is 2.19. The highest BCUT2D eigenvalue weighted by molar-refractivity contribution is 5.76. The third kappa shape index (κ3) is 59.6. The summed E-state index contributed by atoms with van der Waals surface area (Å²) in [5, 5.41) is 23.2. The van der Waals surface area contributed by atoms with E-state index in [4.69, 9.17) is 4.74 Å². The normalized spacial score (nSPS) is 12.6. The van der Waals surface area contributed by atoms with Crippen molar-refractivity contribution in [1.82, 2.24) is 5.32 Å². The van der Waals surface area contributed by atoms with Crippen molar-refractivity contribution in [2.75, 3.05) is 13.2 Å². The molecule has 0 spiro atoms. The molecule has 2 atom stereocenters. The molecule has 0 aliphatic heterocycles. The van der Waals surface area contributed by atoms with Crippen LogP contribution in [0.2, 0.25) is 0 Å². The average molecular weight is 1040 g/mol. The molecule has 6 heteroatoms. The number of hydrogen-bond donors (Lipinski definition) is 3. The lowest BCUT2D eigenvalue weighted by molar-refractivity contribution is -0.143. The minimum atomic E-state index is -0.841. The highest BCUT2D eigenvalue weighted by Gasteiger charge is 2.18. The Morgan fingerprint density at radius 3 is 1.00 bits per heavy atom. The van der Waals surface area contributed by atoms with Crippen LogP contribution in [-0.4, -0.2) is 47.4 Å². The van der Waals surface area contributed by atoms with Crippen molar-refractivity contribution in [3.63, 3.8) is 0 Å². The molecule has 3 N–H and O–H groups in total. The van der Waals surface area contributed by atoms with Gasteiger partial charge in [-0.3, -0.25) is 9.59 Å². The van der Waals surface area contributed by atoms with Crippen LogP contribution in [0, 0.1) is 0 Å². The molecule has 0 aliphatic rings. The number of carbonyl (C=O) groups excluding carboxylic acids is 2. The minimum Gasteiger partial charge on any atom is -0.466 e. The van der Waals surface area contributed by atoms with Crippen LogP contribution in [-0.2, 0) is 14.3 Å². The number of esters is 1. The van der Waals surface area contributed by atoms with E-state index in [2.05, 4.69) is 31.3 Å². The van der Waals surface area contributed by atoms with Gasteiger partial charge in [-0.05, 0) is 51.4 Å². The quantitative estimate of drug-likeness (QED) is 0.0320. The van der Waals surface area contributed by atoms with Crippen molar-refractivity contribution in [3.05, 3.63) is 24.3 Å². The first-order chi connectivity index (χ1) is 36.5. The predicted octanol–water partition coefficient (Wildman–Crippen LogP) is 21.4. The van der Waals surface area contributed by atoms with E-state index in [1.807, 2.05) is 6.08 Å². The summed E-state index contributed by atoms with van der Waals surface area (Å²) >= 11 is 0. The molecule has 6 nitrogen and oxygen atoms in total. The Morgan fingerprint density at radius 1 is 0.365 bits per heavy atom. The molecule has 0 aliphatic carbocycles. The fourth-order valence-corrected chi connectivity index (χ4v) is 10.6. The largest absolute Gasteiger partial charge is 0.466 e. The maximum Gasteiger partial charge on any atom is 0.305 e. The third-order valence-electron chi connectivity index (χ3n) is 15.7. The number of amides is 1. The maximum atomic E-state index is 12.5. The first-order valence-electron chi connectivity index (χ1n) is 33.6. The number of rotatable bonds is 63. The van der Waals surface area contributed by atoms with E-state index in [0.29, 0.717) is 19.4 Å². The standard InChI is InChI=1S/C68H131NO5/c1-3-5-7-9-11-13-15-16-34-37-41-44-48-52-56-60-66(71)65(64-70)69-67(72)61-57-53-49-45-42-38-35-32-30-28-26-24-22-20-18-17-19-21-23-25-27-29-31-33-36-39-43-47-51-55-59-63-74-68(73)62-58-54-50-46-40-14-12-10-8-6-4-2/h10,12,56,60,65-66,70-71H,3-9,11,13-55,57-59,61-64H2,1-2H3,(H,69,72)/b12-10-,60-56+. The minimum absolute atomic E-state index is 0.00954. The SMILES string of the molecule is CCCC/C=C\CCCCCCCC(=O)OCCCCCCCCCCCCCCCCCCCCCCCCCCCCCCCCCC(=O)NC(CO)C(O)/C=C/CCCCCCCCCCCCCCC. The van der Waals surface area contributed by atoms with E-state index in [-0.39, 0.29) is 18.5 Å². The van der Waals surface area contributed by atoms with E-state index in [1.165, 1.54) is 302 Å². The van der Waals surface area contributed by atoms with Gasteiger partial charge in [-0.15, -0.1) is 0 Å². The summed E-state index contributed by atoms with van der Waals surface area (Å²) in [7, 11) is 0. The van der Waals surface area contributed by atoms with Crippen LogP contribution in [0.15, 0.2) is 24.3 Å². The van der Waals surface area contributed by atoms with Crippen molar-refractivity contribution in [3.8, 4) is 0 Å². The lowest BCUT2D eigenvalue weighted by Crippen LogP contribution is -2.45. The second-order valence-electron chi connectivity index (χ2n) is 23.2. The monoisotopic (exact) mass is 1040 g/mol. The van der Waals surface area contributed by atoms with Gasteiger partial charge >= 0.3 is 5.97 Å². The fourth-order valence-electron chi connectivity index (χ4n) is 10.6. The van der Waals surface area contributed by atoms with Gasteiger partial charge < -0.3 is 20.3 Å². The summed E-state index contributed by atoms with van der Waals surface area (Å²) in [6.45, 7) is 4.89. The first kappa shape index (κ1) is 72.3. The van der Waals surface area contributed by atoms with Crippen LogP contribution in [0.4, 0.5) is 0 Å². The molecule has 0 aromatic rings. The van der Waals surface area contributed by atoms with Gasteiger partial charge in [0.15, 0.2) is 0 Å². The van der Waals surface area contributed by atoms with Crippen molar-refractivity contribution >= 4 is 11.9 Å². The zero-order valence-corrected chi connectivity index (χ0v) is 50.1. The molecule has 0 rings (SSSR count). The summed E-state index contributed by atoms with van der Waals surface area (Å²) in [6, 6.07) is -0.624. The number of allylic oxidation sites excluding steroid dienone is 3. The van der Waals surface area contributed by atoms with E-state index in [0.717, 1.165) is 44.9 Å². The van der Waals surface area contributed by atoms with Gasteiger partial charge in [-0.2, -0.15) is 0 Å². The molecule has 74 heavy (non-hydrogen) atoms. The van der Waals surface area contributed by atoms with E-state index in [9.17, 15) is 19.8 Å². The second-order valence-corrected chi connectivity index (χ2v) is 23.2. The molecular formula is C68H131NO5. The summed E-state index contributed by atoms with van der Waals surface area (Å²) in [4.78, 5) is 24.5. The van der Waals surface area contributed by atoms with Crippen LogP contribution in [0.1, 0.15) is 373 Å².